The highest BCUT2D eigenvalue weighted by Crippen LogP contribution is 2.31. The van der Waals surface area contributed by atoms with Crippen molar-refractivity contribution in [3.8, 4) is 5.75 Å². The van der Waals surface area contributed by atoms with Gasteiger partial charge in [0, 0.05) is 15.6 Å². The largest absolute Gasteiger partial charge is 0.495 e. The van der Waals surface area contributed by atoms with Gasteiger partial charge in [-0.3, -0.25) is 4.79 Å². The van der Waals surface area contributed by atoms with Crippen LogP contribution in [0.1, 0.15) is 11.1 Å². The Kier molecular flexibility index (Phi) is 5.42. The lowest BCUT2D eigenvalue weighted by molar-refractivity contribution is -0.115. The van der Waals surface area contributed by atoms with Crippen LogP contribution in [-0.4, -0.2) is 13.0 Å². The third-order valence-corrected chi connectivity index (χ3v) is 4.01. The standard InChI is InChI=1S/C16H14BrClFNO2/c1-9-5-14(15(22-2)8-12(9)18)20-16(21)7-10-6-11(17)3-4-13(10)19/h3-6,8H,7H2,1-2H3,(H,20,21). The zero-order chi connectivity index (χ0) is 16.3. The first kappa shape index (κ1) is 16.8. The molecule has 0 heterocycles. The van der Waals surface area contributed by atoms with Gasteiger partial charge in [0.25, 0.3) is 0 Å². The second kappa shape index (κ2) is 7.11. The average Bonchev–Trinajstić information content (AvgIpc) is 2.46. The molecule has 1 N–H and O–H groups in total. The van der Waals surface area contributed by atoms with Crippen LogP contribution in [0.3, 0.4) is 0 Å². The highest BCUT2D eigenvalue weighted by Gasteiger charge is 2.13. The van der Waals surface area contributed by atoms with E-state index in [1.807, 2.05) is 6.92 Å². The predicted molar refractivity (Wildman–Crippen MR) is 89.2 cm³/mol. The Hall–Kier alpha value is -1.59. The number of benzene rings is 2. The lowest BCUT2D eigenvalue weighted by Crippen LogP contribution is -2.16. The Balaban J connectivity index is 2.19. The first-order valence-corrected chi connectivity index (χ1v) is 7.65. The zero-order valence-electron chi connectivity index (χ0n) is 12.0. The summed E-state index contributed by atoms with van der Waals surface area (Å²) in [5, 5.41) is 3.27. The molecule has 6 heteroatoms. The summed E-state index contributed by atoms with van der Waals surface area (Å²) in [7, 11) is 1.49. The van der Waals surface area contributed by atoms with E-state index in [-0.39, 0.29) is 12.3 Å². The van der Waals surface area contributed by atoms with Gasteiger partial charge in [-0.15, -0.1) is 0 Å². The van der Waals surface area contributed by atoms with E-state index in [0.717, 1.165) is 10.0 Å². The third kappa shape index (κ3) is 3.99. The van der Waals surface area contributed by atoms with Gasteiger partial charge < -0.3 is 10.1 Å². The summed E-state index contributed by atoms with van der Waals surface area (Å²) in [5.74, 6) is -0.298. The van der Waals surface area contributed by atoms with E-state index < -0.39 is 5.82 Å². The van der Waals surface area contributed by atoms with Gasteiger partial charge in [-0.1, -0.05) is 27.5 Å². The van der Waals surface area contributed by atoms with Crippen molar-refractivity contribution in [1.82, 2.24) is 0 Å². The highest BCUT2D eigenvalue weighted by molar-refractivity contribution is 9.10. The van der Waals surface area contributed by atoms with Crippen molar-refractivity contribution >= 4 is 39.1 Å². The van der Waals surface area contributed by atoms with Gasteiger partial charge in [-0.25, -0.2) is 4.39 Å². The molecule has 3 nitrogen and oxygen atoms in total. The molecule has 0 aliphatic heterocycles. The molecule has 0 fully saturated rings. The fourth-order valence-electron chi connectivity index (χ4n) is 1.98. The molecule has 0 bridgehead atoms. The molecule has 0 unspecified atom stereocenters. The maximum Gasteiger partial charge on any atom is 0.229 e. The molecule has 2 rings (SSSR count). The average molecular weight is 387 g/mol. The molecule has 0 aliphatic rings. The summed E-state index contributed by atoms with van der Waals surface area (Å²) in [4.78, 5) is 12.1. The second-order valence-corrected chi connectivity index (χ2v) is 6.09. The number of nitrogens with one attached hydrogen (secondary N) is 1. The smallest absolute Gasteiger partial charge is 0.229 e. The van der Waals surface area contributed by atoms with Crippen LogP contribution in [0.4, 0.5) is 10.1 Å². The summed E-state index contributed by atoms with van der Waals surface area (Å²) in [6, 6.07) is 7.84. The van der Waals surface area contributed by atoms with E-state index in [4.69, 9.17) is 16.3 Å². The van der Waals surface area contributed by atoms with Crippen molar-refractivity contribution in [2.45, 2.75) is 13.3 Å². The van der Waals surface area contributed by atoms with Crippen LogP contribution in [0.5, 0.6) is 5.75 Å². The summed E-state index contributed by atoms with van der Waals surface area (Å²) in [6.45, 7) is 1.82. The molecule has 0 spiro atoms. The number of methoxy groups -OCH3 is 1. The molecule has 0 saturated heterocycles. The maximum atomic E-state index is 13.7. The van der Waals surface area contributed by atoms with Crippen molar-refractivity contribution in [1.29, 1.82) is 0 Å². The van der Waals surface area contributed by atoms with Gasteiger partial charge in [0.2, 0.25) is 5.91 Å². The molecular weight excluding hydrogens is 373 g/mol. The first-order chi connectivity index (χ1) is 10.4. The number of aryl methyl sites for hydroxylation is 1. The molecule has 0 aliphatic carbocycles. The fourth-order valence-corrected chi connectivity index (χ4v) is 2.54. The summed E-state index contributed by atoms with van der Waals surface area (Å²) in [5.41, 5.74) is 1.63. The van der Waals surface area contributed by atoms with Crippen LogP contribution in [-0.2, 0) is 11.2 Å². The van der Waals surface area contributed by atoms with E-state index in [1.54, 1.807) is 24.3 Å². The van der Waals surface area contributed by atoms with Crippen LogP contribution in [0.2, 0.25) is 5.02 Å². The van der Waals surface area contributed by atoms with Gasteiger partial charge in [0.1, 0.15) is 11.6 Å². The number of halogens is 3. The lowest BCUT2D eigenvalue weighted by Gasteiger charge is -2.12. The Bertz CT molecular complexity index is 722. The number of anilines is 1. The molecule has 116 valence electrons. The molecule has 2 aromatic carbocycles. The minimum Gasteiger partial charge on any atom is -0.495 e. The van der Waals surface area contributed by atoms with E-state index in [9.17, 15) is 9.18 Å². The molecule has 1 amide bonds. The number of hydrogen-bond acceptors (Lipinski definition) is 2. The van der Waals surface area contributed by atoms with Gasteiger partial charge in [-0.2, -0.15) is 0 Å². The Morgan fingerprint density at radius 3 is 2.77 bits per heavy atom. The SMILES string of the molecule is COc1cc(Cl)c(C)cc1NC(=O)Cc1cc(Br)ccc1F. The number of carbonyl (C=O) groups excluding carboxylic acids is 1. The quantitative estimate of drug-likeness (QED) is 0.824. The summed E-state index contributed by atoms with van der Waals surface area (Å²) >= 11 is 9.28. The van der Waals surface area contributed by atoms with E-state index in [0.29, 0.717) is 22.0 Å². The maximum absolute atomic E-state index is 13.7. The van der Waals surface area contributed by atoms with Crippen molar-refractivity contribution in [2.75, 3.05) is 12.4 Å². The molecule has 0 saturated carbocycles. The lowest BCUT2D eigenvalue weighted by atomic mass is 10.1. The summed E-state index contributed by atoms with van der Waals surface area (Å²) in [6.07, 6.45) is -0.0733. The van der Waals surface area contributed by atoms with Gasteiger partial charge in [0.05, 0.1) is 19.2 Å². The Labute approximate surface area is 141 Å². The Morgan fingerprint density at radius 2 is 2.09 bits per heavy atom. The molecule has 0 radical (unpaired) electrons. The fraction of sp³-hybridized carbons (Fsp3) is 0.188. The molecule has 0 atom stereocenters. The molecule has 2 aromatic rings. The van der Waals surface area contributed by atoms with Crippen molar-refractivity contribution < 1.29 is 13.9 Å². The van der Waals surface area contributed by atoms with Gasteiger partial charge >= 0.3 is 0 Å². The van der Waals surface area contributed by atoms with Gasteiger partial charge in [0.15, 0.2) is 0 Å². The minimum atomic E-state index is -0.419. The van der Waals surface area contributed by atoms with Gasteiger partial charge in [-0.05, 0) is 42.3 Å². The van der Waals surface area contributed by atoms with Crippen molar-refractivity contribution in [3.63, 3.8) is 0 Å². The number of ether oxygens (including phenoxy) is 1. The topological polar surface area (TPSA) is 38.3 Å². The zero-order valence-corrected chi connectivity index (χ0v) is 14.4. The second-order valence-electron chi connectivity index (χ2n) is 4.76. The minimum absolute atomic E-state index is 0.0733. The van der Waals surface area contributed by atoms with E-state index >= 15 is 0 Å². The van der Waals surface area contributed by atoms with Crippen molar-refractivity contribution in [2.24, 2.45) is 0 Å². The predicted octanol–water partition coefficient (Wildman–Crippen LogP) is 4.74. The molecule has 0 aromatic heterocycles. The first-order valence-electron chi connectivity index (χ1n) is 6.48. The monoisotopic (exact) mass is 385 g/mol. The Morgan fingerprint density at radius 1 is 1.36 bits per heavy atom. The van der Waals surface area contributed by atoms with E-state index in [1.165, 1.54) is 13.2 Å². The molecule has 22 heavy (non-hydrogen) atoms. The van der Waals surface area contributed by atoms with Crippen LogP contribution >= 0.6 is 27.5 Å². The number of hydrogen-bond donors (Lipinski definition) is 1. The van der Waals surface area contributed by atoms with Crippen LogP contribution in [0, 0.1) is 12.7 Å². The molecular formula is C16H14BrClFNO2. The number of rotatable bonds is 4. The summed E-state index contributed by atoms with van der Waals surface area (Å²) < 4.78 is 19.6. The number of amides is 1. The van der Waals surface area contributed by atoms with Crippen molar-refractivity contribution in [3.05, 3.63) is 56.8 Å². The van der Waals surface area contributed by atoms with Crippen LogP contribution < -0.4 is 10.1 Å². The van der Waals surface area contributed by atoms with Crippen LogP contribution in [0.15, 0.2) is 34.8 Å². The number of carbonyl (C=O) groups is 1. The highest BCUT2D eigenvalue weighted by atomic mass is 79.9. The normalized spacial score (nSPS) is 10.4. The van der Waals surface area contributed by atoms with Crippen LogP contribution in [0.25, 0.3) is 0 Å². The third-order valence-electron chi connectivity index (χ3n) is 3.11. The van der Waals surface area contributed by atoms with E-state index in [2.05, 4.69) is 21.2 Å².